The van der Waals surface area contributed by atoms with Gasteiger partial charge in [0.25, 0.3) is 0 Å². The van der Waals surface area contributed by atoms with Crippen molar-refractivity contribution in [2.24, 2.45) is 0 Å². The number of nitrogens with zero attached hydrogens (tertiary/aromatic N) is 1. The van der Waals surface area contributed by atoms with Crippen LogP contribution < -0.4 is 0 Å². The number of rotatable bonds is 7. The number of carbonyl (C=O) groups is 1. The molecule has 23 heavy (non-hydrogen) atoms. The molecule has 4 heteroatoms. The number of hydrogen-bond acceptors (Lipinski definition) is 2. The molecule has 0 N–H and O–H groups in total. The molecule has 0 saturated heterocycles. The zero-order valence-electron chi connectivity index (χ0n) is 15.8. The summed E-state index contributed by atoms with van der Waals surface area (Å²) in [6.45, 7) is 8.17. The number of aryl methyl sites for hydroxylation is 1. The molecule has 0 unspecified atom stereocenters. The van der Waals surface area contributed by atoms with Crippen molar-refractivity contribution in [1.82, 2.24) is 4.90 Å². The van der Waals surface area contributed by atoms with E-state index in [4.69, 9.17) is 4.74 Å². The van der Waals surface area contributed by atoms with Gasteiger partial charge in [0, 0.05) is 0 Å². The summed E-state index contributed by atoms with van der Waals surface area (Å²) >= 11 is -2.36. The van der Waals surface area contributed by atoms with E-state index in [-0.39, 0.29) is 22.3 Å². The second-order valence-electron chi connectivity index (χ2n) is 7.86. The average Bonchev–Trinajstić information content (AvgIpc) is 2.42. The summed E-state index contributed by atoms with van der Waals surface area (Å²) in [4.78, 5) is 21.5. The van der Waals surface area contributed by atoms with Gasteiger partial charge < -0.3 is 0 Å². The van der Waals surface area contributed by atoms with E-state index in [1.807, 2.05) is 38.7 Å². The Balaban J connectivity index is 2.77. The Hall–Kier alpha value is -0.711. The molecule has 1 aromatic carbocycles. The first-order chi connectivity index (χ1) is 10.6. The number of amides is 1. The topological polar surface area (TPSA) is 29.5 Å². The Bertz CT molecular complexity index is 472. The Labute approximate surface area is 146 Å². The van der Waals surface area contributed by atoms with Gasteiger partial charge in [-0.3, -0.25) is 0 Å². The van der Waals surface area contributed by atoms with Gasteiger partial charge in [0.1, 0.15) is 0 Å². The van der Waals surface area contributed by atoms with Crippen LogP contribution in [0.15, 0.2) is 30.3 Å². The van der Waals surface area contributed by atoms with Gasteiger partial charge >= 0.3 is 146 Å². The van der Waals surface area contributed by atoms with E-state index in [1.165, 1.54) is 5.56 Å². The summed E-state index contributed by atoms with van der Waals surface area (Å²) in [7, 11) is 0. The van der Waals surface area contributed by atoms with Crippen molar-refractivity contribution in [3.8, 4) is 0 Å². The maximum atomic E-state index is 12.6. The normalized spacial score (nSPS) is 13.3. The van der Waals surface area contributed by atoms with Crippen LogP contribution in [0.5, 0.6) is 0 Å². The van der Waals surface area contributed by atoms with E-state index in [9.17, 15) is 4.79 Å². The number of benzene rings is 1. The van der Waals surface area contributed by atoms with E-state index in [0.717, 1.165) is 12.8 Å². The molecule has 0 saturated carbocycles. The minimum absolute atomic E-state index is 0.108. The first kappa shape index (κ1) is 20.3. The molecule has 0 heterocycles. The van der Waals surface area contributed by atoms with Crippen LogP contribution >= 0.6 is 0 Å². The zero-order chi connectivity index (χ0) is 17.6. The standard InChI is InChI=1S/C16H24NO2.3CH3.Sn/c1-13(2)17(14(3)4)16(18)19-12-8-11-15-9-6-5-7-10-15;;;;/h5-7,9-10,12-14H,8,11H2,1-4H3;3*1H3;. The Morgan fingerprint density at radius 3 is 2.00 bits per heavy atom. The first-order valence-electron chi connectivity index (χ1n) is 8.65. The van der Waals surface area contributed by atoms with Gasteiger partial charge in [-0.15, -0.1) is 0 Å². The monoisotopic (exact) mass is 427 g/mol. The van der Waals surface area contributed by atoms with Crippen molar-refractivity contribution >= 4 is 24.5 Å². The van der Waals surface area contributed by atoms with E-state index in [0.29, 0.717) is 0 Å². The van der Waals surface area contributed by atoms with Crippen LogP contribution in [0.1, 0.15) is 39.7 Å². The van der Waals surface area contributed by atoms with Gasteiger partial charge in [-0.1, -0.05) is 0 Å². The maximum absolute atomic E-state index is 12.6. The summed E-state index contributed by atoms with van der Waals surface area (Å²) in [5.41, 5.74) is 1.31. The predicted molar refractivity (Wildman–Crippen MR) is 100 cm³/mol. The van der Waals surface area contributed by atoms with Crippen LogP contribution in [0.2, 0.25) is 14.8 Å². The molecule has 0 bridgehead atoms. The molecule has 0 fully saturated rings. The molecule has 0 radical (unpaired) electrons. The van der Waals surface area contributed by atoms with Crippen molar-refractivity contribution in [2.45, 2.75) is 71.6 Å². The molecule has 0 aliphatic heterocycles. The Kier molecular flexibility index (Phi) is 7.91. The van der Waals surface area contributed by atoms with E-state index in [1.54, 1.807) is 0 Å². The minimum atomic E-state index is -2.36. The molecule has 1 rings (SSSR count). The van der Waals surface area contributed by atoms with Gasteiger partial charge in [0.2, 0.25) is 0 Å². The fourth-order valence-electron chi connectivity index (χ4n) is 2.81. The average molecular weight is 426 g/mol. The molecule has 0 aromatic heterocycles. The molecule has 0 aliphatic carbocycles. The van der Waals surface area contributed by atoms with Crippen LogP contribution in [-0.4, -0.2) is 45.6 Å². The zero-order valence-corrected chi connectivity index (χ0v) is 18.7. The van der Waals surface area contributed by atoms with Crippen LogP contribution in [-0.2, 0) is 11.2 Å². The van der Waals surface area contributed by atoms with Crippen molar-refractivity contribution in [3.63, 3.8) is 0 Å². The summed E-state index contributed by atoms with van der Waals surface area (Å²) in [6, 6.07) is 10.8. The van der Waals surface area contributed by atoms with Crippen molar-refractivity contribution < 1.29 is 9.53 Å². The third-order valence-electron chi connectivity index (χ3n) is 4.07. The number of ether oxygens (including phenoxy) is 1. The molecule has 0 aliphatic rings. The van der Waals surface area contributed by atoms with Gasteiger partial charge in [-0.05, 0) is 0 Å². The quantitative estimate of drug-likeness (QED) is 0.567. The molecular formula is C19H33NO2Sn. The third-order valence-corrected chi connectivity index (χ3v) is 10.7. The second-order valence-corrected chi connectivity index (χ2v) is 23.2. The van der Waals surface area contributed by atoms with E-state index in [2.05, 4.69) is 39.1 Å². The van der Waals surface area contributed by atoms with E-state index >= 15 is 0 Å². The fraction of sp³-hybridized carbons (Fsp3) is 0.632. The van der Waals surface area contributed by atoms with Gasteiger partial charge in [0.05, 0.1) is 0 Å². The van der Waals surface area contributed by atoms with Crippen LogP contribution in [0.3, 0.4) is 0 Å². The number of carbonyl (C=O) groups excluding carboxylic acids is 1. The van der Waals surface area contributed by atoms with Crippen LogP contribution in [0, 0.1) is 0 Å². The first-order valence-corrected chi connectivity index (χ1v) is 18.9. The summed E-state index contributed by atoms with van der Waals surface area (Å²) < 4.78 is 6.11. The molecule has 3 nitrogen and oxygen atoms in total. The molecule has 1 atom stereocenters. The number of hydrogen-bond donors (Lipinski definition) is 0. The van der Waals surface area contributed by atoms with Crippen molar-refractivity contribution in [1.29, 1.82) is 0 Å². The SMILES string of the molecule is CC(C)N(C(=O)O[C@H](CCc1ccccc1)[Sn]([CH3])([CH3])[CH3])C(C)C. The molecular weight excluding hydrogens is 393 g/mol. The van der Waals surface area contributed by atoms with E-state index < -0.39 is 18.4 Å². The Morgan fingerprint density at radius 1 is 1.04 bits per heavy atom. The summed E-state index contributed by atoms with van der Waals surface area (Å²) in [6.07, 6.45) is 1.75. The summed E-state index contributed by atoms with van der Waals surface area (Å²) in [5.74, 6) is 0. The summed E-state index contributed by atoms with van der Waals surface area (Å²) in [5, 5.41) is 0. The molecule has 130 valence electrons. The molecule has 0 spiro atoms. The molecule has 1 amide bonds. The van der Waals surface area contributed by atoms with Gasteiger partial charge in [-0.2, -0.15) is 0 Å². The predicted octanol–water partition coefficient (Wildman–Crippen LogP) is 5.12. The van der Waals surface area contributed by atoms with Gasteiger partial charge in [-0.25, -0.2) is 0 Å². The van der Waals surface area contributed by atoms with Crippen LogP contribution in [0.25, 0.3) is 0 Å². The van der Waals surface area contributed by atoms with Gasteiger partial charge in [0.15, 0.2) is 0 Å². The van der Waals surface area contributed by atoms with Crippen molar-refractivity contribution in [2.75, 3.05) is 0 Å². The fourth-order valence-corrected chi connectivity index (χ4v) is 6.99. The van der Waals surface area contributed by atoms with Crippen molar-refractivity contribution in [3.05, 3.63) is 35.9 Å². The Morgan fingerprint density at radius 2 is 1.57 bits per heavy atom. The second kappa shape index (κ2) is 8.95. The third kappa shape index (κ3) is 6.74. The van der Waals surface area contributed by atoms with Crippen LogP contribution in [0.4, 0.5) is 4.79 Å². The molecule has 1 aromatic rings.